The number of aliphatic hydroxyl groups excluding tert-OH is 2. The number of imidazole rings is 1. The van der Waals surface area contributed by atoms with Crippen molar-refractivity contribution in [3.63, 3.8) is 0 Å². The molecule has 25 nitrogen and oxygen atoms in total. The molecule has 0 aliphatic carbocycles. The Morgan fingerprint density at radius 1 is 1.03 bits per heavy atom. The SMILES string of the molecule is CN(C)c1ccc(/C=C/C(=O)SCCNC(=O)CCNC(=O)[C@H](O)C(C)(C)COP(=O)(O)OP(=O)(O)OC[C@H]2O[C@@H](n3cnc4c(N)ncnc43)[C@H](O)[C@@H]2OP(=O)(O)O)cc1. The maximum Gasteiger partial charge on any atom is 0.481 e. The van der Waals surface area contributed by atoms with Crippen molar-refractivity contribution < 1.29 is 80.5 Å². The molecule has 10 N–H and O–H groups in total. The smallest absolute Gasteiger partial charge is 0.386 e. The lowest BCUT2D eigenvalue weighted by molar-refractivity contribution is -0.137. The van der Waals surface area contributed by atoms with Crippen LogP contribution in [0.2, 0.25) is 0 Å². The molecule has 3 aromatic rings. The summed E-state index contributed by atoms with van der Waals surface area (Å²) >= 11 is 1.00. The van der Waals surface area contributed by atoms with E-state index in [2.05, 4.69) is 34.4 Å². The Hall–Kier alpha value is -3.68. The maximum absolute atomic E-state index is 12.7. The molecule has 61 heavy (non-hydrogen) atoms. The van der Waals surface area contributed by atoms with Gasteiger partial charge in [0.15, 0.2) is 17.7 Å². The van der Waals surface area contributed by atoms with E-state index in [0.29, 0.717) is 0 Å². The van der Waals surface area contributed by atoms with Crippen LogP contribution < -0.4 is 21.3 Å². The predicted molar refractivity (Wildman–Crippen MR) is 217 cm³/mol. The van der Waals surface area contributed by atoms with Crippen molar-refractivity contribution in [2.24, 2.45) is 5.41 Å². The van der Waals surface area contributed by atoms with Crippen LogP contribution >= 0.6 is 35.2 Å². The fourth-order valence-corrected chi connectivity index (χ4v) is 8.78. The Bertz CT molecular complexity index is 2190. The zero-order valence-corrected chi connectivity index (χ0v) is 36.5. The van der Waals surface area contributed by atoms with Crippen LogP contribution in [0.4, 0.5) is 11.5 Å². The van der Waals surface area contributed by atoms with Gasteiger partial charge in [0.25, 0.3) is 0 Å². The second-order valence-electron chi connectivity index (χ2n) is 14.1. The highest BCUT2D eigenvalue weighted by atomic mass is 32.2. The van der Waals surface area contributed by atoms with Gasteiger partial charge in [-0.15, -0.1) is 0 Å². The number of carbonyl (C=O) groups is 3. The fraction of sp³-hybridized carbons (Fsp3) is 0.500. The molecular formula is C32H47N8O17P3S. The van der Waals surface area contributed by atoms with Crippen LogP contribution in [0.25, 0.3) is 17.2 Å². The lowest BCUT2D eigenvalue weighted by Crippen LogP contribution is -2.46. The van der Waals surface area contributed by atoms with Gasteiger partial charge >= 0.3 is 23.5 Å². The number of thioether (sulfide) groups is 1. The third-order valence-corrected chi connectivity index (χ3v) is 12.5. The molecule has 3 heterocycles. The molecule has 29 heteroatoms. The lowest BCUT2D eigenvalue weighted by atomic mass is 9.87. The van der Waals surface area contributed by atoms with Gasteiger partial charge in [-0.25, -0.2) is 28.6 Å². The fourth-order valence-electron chi connectivity index (χ4n) is 5.38. The van der Waals surface area contributed by atoms with Gasteiger partial charge in [-0.1, -0.05) is 43.8 Å². The van der Waals surface area contributed by atoms with Gasteiger partial charge in [0.2, 0.25) is 16.9 Å². The van der Waals surface area contributed by atoms with Crippen LogP contribution in [-0.2, 0) is 50.7 Å². The molecule has 4 rings (SSSR count). The molecule has 1 aliphatic heterocycles. The molecule has 2 aromatic heterocycles. The standard InChI is InChI=1S/C32H47N8O17P3S/c1-32(2,27(44)30(45)35-12-11-22(41)34-13-14-61-23(42)10-7-19-5-8-20(9-6-19)39(3)4)16-54-60(51,52)57-59(49,50)53-15-21-26(56-58(46,47)48)25(43)31(55-21)40-18-38-24-28(33)36-17-37-29(24)40/h5-10,17-18,21,25-27,31,43-44H,11-16H2,1-4H3,(H,34,41)(H,35,45)(H,49,50)(H,51,52)(H2,33,36,37)(H2,46,47,48)/b10-7+/t21-,25-,26-,27+,31-/m1/s1. The van der Waals surface area contributed by atoms with Crippen LogP contribution in [0.3, 0.4) is 0 Å². The highest BCUT2D eigenvalue weighted by Gasteiger charge is 2.50. The molecule has 0 bridgehead atoms. The zero-order chi connectivity index (χ0) is 45.3. The Morgan fingerprint density at radius 3 is 2.36 bits per heavy atom. The summed E-state index contributed by atoms with van der Waals surface area (Å²) in [6.45, 7) is 0.417. The van der Waals surface area contributed by atoms with E-state index in [-0.39, 0.29) is 47.4 Å². The minimum absolute atomic E-state index is 0.0278. The highest BCUT2D eigenvalue weighted by molar-refractivity contribution is 8.14. The molecule has 2 unspecified atom stereocenters. The van der Waals surface area contributed by atoms with E-state index < -0.39 is 84.6 Å². The Kier molecular flexibility index (Phi) is 17.3. The third-order valence-electron chi connectivity index (χ3n) is 8.57. The normalized spacial score (nSPS) is 20.9. The molecule has 0 radical (unpaired) electrons. The minimum atomic E-state index is -5.58. The lowest BCUT2D eigenvalue weighted by Gasteiger charge is -2.30. The molecule has 2 amide bonds. The Balaban J connectivity index is 1.19. The van der Waals surface area contributed by atoms with Crippen molar-refractivity contribution in [3.05, 3.63) is 48.6 Å². The summed E-state index contributed by atoms with van der Waals surface area (Å²) in [5, 5.41) is 26.2. The molecule has 0 spiro atoms. The number of hydrogen-bond acceptors (Lipinski definition) is 19. The number of fused-ring (bicyclic) bond motifs is 1. The number of nitrogens with one attached hydrogen (secondary N) is 2. The van der Waals surface area contributed by atoms with Crippen LogP contribution in [-0.4, -0.2) is 137 Å². The van der Waals surface area contributed by atoms with Crippen molar-refractivity contribution in [2.45, 2.75) is 50.9 Å². The van der Waals surface area contributed by atoms with E-state index in [1.54, 1.807) is 6.08 Å². The first kappa shape index (κ1) is 50.0. The number of carbonyl (C=O) groups excluding carboxylic acids is 3. The van der Waals surface area contributed by atoms with E-state index >= 15 is 0 Å². The summed E-state index contributed by atoms with van der Waals surface area (Å²) in [7, 11) is -12.6. The largest absolute Gasteiger partial charge is 0.481 e. The minimum Gasteiger partial charge on any atom is -0.386 e. The van der Waals surface area contributed by atoms with Gasteiger partial charge in [-0.05, 0) is 23.8 Å². The van der Waals surface area contributed by atoms with Crippen molar-refractivity contribution in [1.82, 2.24) is 30.2 Å². The van der Waals surface area contributed by atoms with Crippen molar-refractivity contribution >= 4 is 80.9 Å². The average Bonchev–Trinajstić information content (AvgIpc) is 3.73. The van der Waals surface area contributed by atoms with E-state index in [4.69, 9.17) is 19.5 Å². The van der Waals surface area contributed by atoms with Gasteiger partial charge in [-0.3, -0.25) is 32.5 Å². The van der Waals surface area contributed by atoms with Gasteiger partial charge in [0.1, 0.15) is 36.3 Å². The zero-order valence-electron chi connectivity index (χ0n) is 33.0. The number of nitrogens with two attached hydrogens (primary N) is 1. The Morgan fingerprint density at radius 2 is 1.70 bits per heavy atom. The Labute approximate surface area is 352 Å². The number of aromatic nitrogens is 4. The quantitative estimate of drug-likeness (QED) is 0.0375. The number of rotatable bonds is 22. The number of hydrogen-bond donors (Lipinski definition) is 9. The summed E-state index contributed by atoms with van der Waals surface area (Å²) in [6, 6.07) is 7.60. The average molecular weight is 941 g/mol. The monoisotopic (exact) mass is 940 g/mol. The number of nitrogens with zero attached hydrogens (tertiary/aromatic N) is 5. The molecular weight excluding hydrogens is 893 g/mol. The second kappa shape index (κ2) is 21.1. The number of anilines is 2. The number of nitrogen functional groups attached to an aromatic ring is 1. The summed E-state index contributed by atoms with van der Waals surface area (Å²) in [5.41, 5.74) is 6.12. The first-order chi connectivity index (χ1) is 28.4. The molecule has 1 fully saturated rings. The summed E-state index contributed by atoms with van der Waals surface area (Å²) < 4.78 is 62.2. The molecule has 1 aromatic carbocycles. The molecule has 338 valence electrons. The van der Waals surface area contributed by atoms with Crippen LogP contribution in [0, 0.1) is 5.41 Å². The third kappa shape index (κ3) is 15.0. The highest BCUT2D eigenvalue weighted by Crippen LogP contribution is 2.61. The van der Waals surface area contributed by atoms with E-state index in [9.17, 15) is 57.9 Å². The van der Waals surface area contributed by atoms with Crippen molar-refractivity contribution in [2.75, 3.05) is 56.8 Å². The topological polar surface area (TPSA) is 367 Å². The molecule has 1 saturated heterocycles. The molecule has 7 atom stereocenters. The van der Waals surface area contributed by atoms with Crippen LogP contribution in [0.5, 0.6) is 0 Å². The van der Waals surface area contributed by atoms with Gasteiger partial charge in [-0.2, -0.15) is 4.31 Å². The van der Waals surface area contributed by atoms with Gasteiger partial charge in [0, 0.05) is 50.5 Å². The number of amides is 2. The molecule has 1 aliphatic rings. The first-order valence-corrected chi connectivity index (χ1v) is 23.4. The van der Waals surface area contributed by atoms with Crippen molar-refractivity contribution in [1.29, 1.82) is 0 Å². The number of aliphatic hydroxyl groups is 2. The van der Waals surface area contributed by atoms with E-state index in [1.165, 1.54) is 19.9 Å². The number of phosphoric acid groups is 3. The predicted octanol–water partition coefficient (Wildman–Crippen LogP) is 0.444. The summed E-state index contributed by atoms with van der Waals surface area (Å²) in [4.78, 5) is 90.0. The van der Waals surface area contributed by atoms with Crippen LogP contribution in [0.1, 0.15) is 32.1 Å². The maximum atomic E-state index is 12.7. The summed E-state index contributed by atoms with van der Waals surface area (Å²) in [6.07, 6.45) is -3.86. The first-order valence-electron chi connectivity index (χ1n) is 17.9. The van der Waals surface area contributed by atoms with E-state index in [0.717, 1.165) is 40.2 Å². The van der Waals surface area contributed by atoms with Gasteiger partial charge in [0.05, 0.1) is 19.5 Å². The number of phosphoric ester groups is 3. The van der Waals surface area contributed by atoms with Crippen molar-refractivity contribution in [3.8, 4) is 0 Å². The van der Waals surface area contributed by atoms with Crippen LogP contribution in [0.15, 0.2) is 43.0 Å². The number of benzene rings is 1. The summed E-state index contributed by atoms with van der Waals surface area (Å²) in [5.74, 6) is -1.20. The second-order valence-corrected chi connectivity index (χ2v) is 19.4. The van der Waals surface area contributed by atoms with Gasteiger partial charge < -0.3 is 55.8 Å². The van der Waals surface area contributed by atoms with E-state index in [1.807, 2.05) is 43.3 Å². The molecule has 0 saturated carbocycles. The number of ether oxygens (including phenoxy) is 1.